The Balaban J connectivity index is 1.79. The van der Waals surface area contributed by atoms with Gasteiger partial charge in [-0.25, -0.2) is 0 Å². The van der Waals surface area contributed by atoms with Crippen LogP contribution in [-0.4, -0.2) is 36.4 Å². The predicted molar refractivity (Wildman–Crippen MR) is 94.5 cm³/mol. The number of ether oxygens (including phenoxy) is 1. The summed E-state index contributed by atoms with van der Waals surface area (Å²) in [5, 5.41) is 13.8. The predicted octanol–water partition coefficient (Wildman–Crippen LogP) is 3.19. The Morgan fingerprint density at radius 1 is 1.19 bits per heavy atom. The van der Waals surface area contributed by atoms with E-state index in [1.54, 1.807) is 13.2 Å². The van der Waals surface area contributed by atoms with Crippen LogP contribution in [-0.2, 0) is 10.3 Å². The molecule has 1 atom stereocenters. The number of alkyl halides is 3. The number of hydrogen-bond donors (Lipinski definition) is 3. The molecule has 1 unspecified atom stereocenters. The highest BCUT2D eigenvalue weighted by Gasteiger charge is 2.33. The summed E-state index contributed by atoms with van der Waals surface area (Å²) < 4.78 is 40.8. The van der Waals surface area contributed by atoms with E-state index >= 15 is 0 Å². The van der Waals surface area contributed by atoms with Crippen LogP contribution in [0.2, 0.25) is 0 Å². The number of aromatic amines is 1. The van der Waals surface area contributed by atoms with Crippen LogP contribution < -0.4 is 15.4 Å². The van der Waals surface area contributed by atoms with E-state index < -0.39 is 11.9 Å². The molecular formula is C18H17F3N4O2. The number of carbonyl (C=O) groups excluding carboxylic acids is 1. The lowest BCUT2D eigenvalue weighted by Gasteiger charge is -2.29. The van der Waals surface area contributed by atoms with Crippen molar-refractivity contribution in [3.63, 3.8) is 0 Å². The van der Waals surface area contributed by atoms with E-state index in [4.69, 9.17) is 0 Å². The number of benzene rings is 2. The summed E-state index contributed by atoms with van der Waals surface area (Å²) >= 11 is 0. The fourth-order valence-electron chi connectivity index (χ4n) is 2.75. The van der Waals surface area contributed by atoms with Crippen molar-refractivity contribution in [1.29, 1.82) is 0 Å². The standard InChI is InChI=1S/C18H17F3N4O2/c1-22-17(11-26,13-2-5-15(6-3-13)27-18(19,20)21)10-23-14-4-7-16-12(8-14)9-24-25-16/h2-9,11,22-23H,10H2,1H3,(H,24,25). The zero-order valence-electron chi connectivity index (χ0n) is 14.3. The van der Waals surface area contributed by atoms with Gasteiger partial charge < -0.3 is 20.2 Å². The Morgan fingerprint density at radius 2 is 1.93 bits per heavy atom. The molecule has 1 aromatic heterocycles. The summed E-state index contributed by atoms with van der Waals surface area (Å²) in [7, 11) is 1.61. The van der Waals surface area contributed by atoms with Gasteiger partial charge in [-0.05, 0) is 42.9 Å². The van der Waals surface area contributed by atoms with E-state index in [1.807, 2.05) is 18.2 Å². The van der Waals surface area contributed by atoms with Crippen LogP contribution in [0.4, 0.5) is 18.9 Å². The highest BCUT2D eigenvalue weighted by atomic mass is 19.4. The topological polar surface area (TPSA) is 79.0 Å². The van der Waals surface area contributed by atoms with Gasteiger partial charge in [0.05, 0.1) is 11.7 Å². The first-order chi connectivity index (χ1) is 12.8. The number of aldehydes is 1. The summed E-state index contributed by atoms with van der Waals surface area (Å²) in [6.45, 7) is 0.190. The molecule has 9 heteroatoms. The van der Waals surface area contributed by atoms with E-state index in [2.05, 4.69) is 25.6 Å². The molecule has 0 fully saturated rings. The number of rotatable bonds is 7. The maximum absolute atomic E-state index is 12.3. The number of halogens is 3. The Hall–Kier alpha value is -3.07. The van der Waals surface area contributed by atoms with E-state index in [0.29, 0.717) is 5.56 Å². The monoisotopic (exact) mass is 378 g/mol. The number of H-pyrrole nitrogens is 1. The minimum Gasteiger partial charge on any atom is -0.406 e. The van der Waals surface area contributed by atoms with Crippen LogP contribution in [0.5, 0.6) is 5.75 Å². The van der Waals surface area contributed by atoms with Gasteiger partial charge in [-0.15, -0.1) is 13.2 Å². The number of carbonyl (C=O) groups is 1. The third-order valence-electron chi connectivity index (χ3n) is 4.26. The second-order valence-electron chi connectivity index (χ2n) is 5.94. The van der Waals surface area contributed by atoms with Crippen molar-refractivity contribution < 1.29 is 22.7 Å². The van der Waals surface area contributed by atoms with Gasteiger partial charge in [0.25, 0.3) is 0 Å². The second kappa shape index (κ2) is 7.28. The molecule has 0 saturated carbocycles. The SMILES string of the molecule is CNC(C=O)(CNc1ccc2[nH]ncc2c1)c1ccc(OC(F)(F)F)cc1. The summed E-state index contributed by atoms with van der Waals surface area (Å²) in [5.74, 6) is -0.347. The van der Waals surface area contributed by atoms with Crippen molar-refractivity contribution in [2.24, 2.45) is 0 Å². The van der Waals surface area contributed by atoms with Gasteiger partial charge in [0.1, 0.15) is 17.6 Å². The lowest BCUT2D eigenvalue weighted by Crippen LogP contribution is -2.47. The minimum atomic E-state index is -4.76. The minimum absolute atomic E-state index is 0.190. The van der Waals surface area contributed by atoms with Gasteiger partial charge in [-0.3, -0.25) is 5.10 Å². The molecule has 142 valence electrons. The van der Waals surface area contributed by atoms with Gasteiger partial charge in [-0.1, -0.05) is 12.1 Å². The molecule has 1 heterocycles. The molecule has 0 amide bonds. The molecule has 27 heavy (non-hydrogen) atoms. The number of nitrogens with one attached hydrogen (secondary N) is 3. The molecule has 0 bridgehead atoms. The van der Waals surface area contributed by atoms with Gasteiger partial charge in [-0.2, -0.15) is 5.10 Å². The molecule has 3 aromatic rings. The normalized spacial score (nSPS) is 13.9. The lowest BCUT2D eigenvalue weighted by molar-refractivity contribution is -0.274. The maximum atomic E-state index is 12.3. The van der Waals surface area contributed by atoms with E-state index in [1.165, 1.54) is 24.3 Å². The summed E-state index contributed by atoms with van der Waals surface area (Å²) in [4.78, 5) is 11.8. The van der Waals surface area contributed by atoms with Crippen LogP contribution >= 0.6 is 0 Å². The van der Waals surface area contributed by atoms with E-state index in [0.717, 1.165) is 22.9 Å². The molecule has 0 aliphatic heterocycles. The number of likely N-dealkylation sites (N-methyl/N-ethyl adjacent to an activating group) is 1. The van der Waals surface area contributed by atoms with Crippen LogP contribution in [0.1, 0.15) is 5.56 Å². The number of hydrogen-bond acceptors (Lipinski definition) is 5. The molecular weight excluding hydrogens is 361 g/mol. The second-order valence-corrected chi connectivity index (χ2v) is 5.94. The zero-order valence-corrected chi connectivity index (χ0v) is 14.3. The van der Waals surface area contributed by atoms with Crippen LogP contribution in [0, 0.1) is 0 Å². The maximum Gasteiger partial charge on any atom is 0.573 e. The van der Waals surface area contributed by atoms with E-state index in [9.17, 15) is 18.0 Å². The lowest BCUT2D eigenvalue weighted by atomic mass is 9.91. The van der Waals surface area contributed by atoms with Crippen molar-refractivity contribution in [2.45, 2.75) is 11.9 Å². The van der Waals surface area contributed by atoms with Crippen molar-refractivity contribution in [3.8, 4) is 5.75 Å². The zero-order chi connectivity index (χ0) is 19.5. The Labute approximate surface area is 152 Å². The first-order valence-corrected chi connectivity index (χ1v) is 8.04. The molecule has 0 spiro atoms. The van der Waals surface area contributed by atoms with Gasteiger partial charge in [0.2, 0.25) is 0 Å². The van der Waals surface area contributed by atoms with E-state index in [-0.39, 0.29) is 12.3 Å². The molecule has 0 saturated heterocycles. The van der Waals surface area contributed by atoms with Crippen molar-refractivity contribution in [3.05, 3.63) is 54.2 Å². The molecule has 3 N–H and O–H groups in total. The summed E-state index contributed by atoms with van der Waals surface area (Å²) in [5.41, 5.74) is 1.05. The highest BCUT2D eigenvalue weighted by Crippen LogP contribution is 2.27. The van der Waals surface area contributed by atoms with Crippen molar-refractivity contribution in [2.75, 3.05) is 18.9 Å². The largest absolute Gasteiger partial charge is 0.573 e. The van der Waals surface area contributed by atoms with Gasteiger partial charge in [0.15, 0.2) is 0 Å². The Bertz CT molecular complexity index is 924. The summed E-state index contributed by atoms with van der Waals surface area (Å²) in [6.07, 6.45) is -2.36. The number of fused-ring (bicyclic) bond motifs is 1. The summed E-state index contributed by atoms with van der Waals surface area (Å²) in [6, 6.07) is 10.8. The molecule has 0 aliphatic rings. The number of aromatic nitrogens is 2. The van der Waals surface area contributed by atoms with Crippen LogP contribution in [0.3, 0.4) is 0 Å². The number of anilines is 1. The highest BCUT2D eigenvalue weighted by molar-refractivity contribution is 5.82. The molecule has 0 aliphatic carbocycles. The Morgan fingerprint density at radius 3 is 2.56 bits per heavy atom. The van der Waals surface area contributed by atoms with Gasteiger partial charge in [0, 0.05) is 17.6 Å². The first kappa shape index (κ1) is 18.7. The average molecular weight is 378 g/mol. The fourth-order valence-corrected chi connectivity index (χ4v) is 2.75. The Kier molecular flexibility index (Phi) is 5.04. The fraction of sp³-hybridized carbons (Fsp3) is 0.222. The van der Waals surface area contributed by atoms with Crippen molar-refractivity contribution in [1.82, 2.24) is 15.5 Å². The van der Waals surface area contributed by atoms with Gasteiger partial charge >= 0.3 is 6.36 Å². The van der Waals surface area contributed by atoms with Crippen molar-refractivity contribution >= 4 is 22.9 Å². The molecule has 0 radical (unpaired) electrons. The molecule has 3 rings (SSSR count). The average Bonchev–Trinajstić information content (AvgIpc) is 3.10. The third kappa shape index (κ3) is 4.20. The number of nitrogens with zero attached hydrogens (tertiary/aromatic N) is 1. The third-order valence-corrected chi connectivity index (χ3v) is 4.26. The first-order valence-electron chi connectivity index (χ1n) is 8.04. The molecule has 6 nitrogen and oxygen atoms in total. The molecule has 2 aromatic carbocycles. The van der Waals surface area contributed by atoms with Crippen LogP contribution in [0.25, 0.3) is 10.9 Å². The quantitative estimate of drug-likeness (QED) is 0.551. The smallest absolute Gasteiger partial charge is 0.406 e. The van der Waals surface area contributed by atoms with Crippen LogP contribution in [0.15, 0.2) is 48.7 Å².